The SMILES string of the molecule is Cc1cccc(C(=O)Nc2cccc(OCC(N)=S)c2)c1. The van der Waals surface area contributed by atoms with Gasteiger partial charge in [-0.15, -0.1) is 0 Å². The molecule has 0 saturated heterocycles. The largest absolute Gasteiger partial charge is 0.486 e. The van der Waals surface area contributed by atoms with Gasteiger partial charge in [0.25, 0.3) is 5.91 Å². The highest BCUT2D eigenvalue weighted by molar-refractivity contribution is 7.80. The molecule has 0 fully saturated rings. The number of ether oxygens (including phenoxy) is 1. The summed E-state index contributed by atoms with van der Waals surface area (Å²) >= 11 is 4.76. The first-order valence-corrected chi connectivity index (χ1v) is 6.84. The molecule has 0 radical (unpaired) electrons. The lowest BCUT2D eigenvalue weighted by Gasteiger charge is -2.09. The van der Waals surface area contributed by atoms with Crippen LogP contribution in [0.25, 0.3) is 0 Å². The zero-order chi connectivity index (χ0) is 15.2. The van der Waals surface area contributed by atoms with E-state index in [1.807, 2.05) is 25.1 Å². The molecule has 0 spiro atoms. The van der Waals surface area contributed by atoms with Gasteiger partial charge in [-0.2, -0.15) is 0 Å². The normalized spacial score (nSPS) is 9.95. The van der Waals surface area contributed by atoms with Crippen molar-refractivity contribution in [1.29, 1.82) is 0 Å². The Kier molecular flexibility index (Phi) is 4.90. The number of hydrogen-bond acceptors (Lipinski definition) is 3. The highest BCUT2D eigenvalue weighted by atomic mass is 32.1. The fourth-order valence-electron chi connectivity index (χ4n) is 1.81. The number of aryl methyl sites for hydroxylation is 1. The predicted octanol–water partition coefficient (Wildman–Crippen LogP) is 2.91. The Bertz CT molecular complexity index is 671. The summed E-state index contributed by atoms with van der Waals surface area (Å²) in [4.78, 5) is 12.4. The molecule has 2 rings (SSSR count). The number of benzene rings is 2. The van der Waals surface area contributed by atoms with Crippen molar-refractivity contribution in [2.45, 2.75) is 6.92 Å². The molecule has 4 nitrogen and oxygen atoms in total. The Labute approximate surface area is 128 Å². The minimum Gasteiger partial charge on any atom is -0.486 e. The zero-order valence-corrected chi connectivity index (χ0v) is 12.4. The average molecular weight is 300 g/mol. The lowest BCUT2D eigenvalue weighted by Crippen LogP contribution is -2.18. The number of anilines is 1. The molecule has 0 aliphatic heterocycles. The van der Waals surface area contributed by atoms with Crippen molar-refractivity contribution in [3.63, 3.8) is 0 Å². The summed E-state index contributed by atoms with van der Waals surface area (Å²) in [6, 6.07) is 14.5. The Balaban J connectivity index is 2.07. The van der Waals surface area contributed by atoms with E-state index in [0.717, 1.165) is 5.56 Å². The van der Waals surface area contributed by atoms with Crippen molar-refractivity contribution in [2.24, 2.45) is 5.73 Å². The quantitative estimate of drug-likeness (QED) is 0.833. The number of rotatable bonds is 5. The van der Waals surface area contributed by atoms with Crippen LogP contribution in [0, 0.1) is 6.92 Å². The van der Waals surface area contributed by atoms with Crippen LogP contribution < -0.4 is 15.8 Å². The molecule has 0 atom stereocenters. The number of amides is 1. The van der Waals surface area contributed by atoms with Crippen molar-refractivity contribution in [2.75, 3.05) is 11.9 Å². The highest BCUT2D eigenvalue weighted by Crippen LogP contribution is 2.18. The average Bonchev–Trinajstić information content (AvgIpc) is 2.45. The van der Waals surface area contributed by atoms with E-state index in [0.29, 0.717) is 17.0 Å². The van der Waals surface area contributed by atoms with Crippen molar-refractivity contribution < 1.29 is 9.53 Å². The van der Waals surface area contributed by atoms with Gasteiger partial charge in [0.2, 0.25) is 0 Å². The minimum atomic E-state index is -0.162. The van der Waals surface area contributed by atoms with E-state index in [1.54, 1.807) is 30.3 Å². The summed E-state index contributed by atoms with van der Waals surface area (Å²) in [5.41, 5.74) is 7.69. The van der Waals surface area contributed by atoms with E-state index >= 15 is 0 Å². The highest BCUT2D eigenvalue weighted by Gasteiger charge is 2.06. The van der Waals surface area contributed by atoms with Crippen molar-refractivity contribution in [3.05, 3.63) is 59.7 Å². The predicted molar refractivity (Wildman–Crippen MR) is 87.9 cm³/mol. The van der Waals surface area contributed by atoms with Crippen LogP contribution in [0.2, 0.25) is 0 Å². The van der Waals surface area contributed by atoms with Gasteiger partial charge < -0.3 is 15.8 Å². The fraction of sp³-hybridized carbons (Fsp3) is 0.125. The molecule has 1 amide bonds. The molecule has 0 bridgehead atoms. The van der Waals surface area contributed by atoms with Gasteiger partial charge in [0.05, 0.1) is 0 Å². The van der Waals surface area contributed by atoms with E-state index in [2.05, 4.69) is 5.32 Å². The molecule has 3 N–H and O–H groups in total. The number of carbonyl (C=O) groups excluding carboxylic acids is 1. The molecule has 0 unspecified atom stereocenters. The number of thiocarbonyl (C=S) groups is 1. The Morgan fingerprint density at radius 3 is 2.71 bits per heavy atom. The molecule has 0 saturated carbocycles. The topological polar surface area (TPSA) is 64.3 Å². The molecule has 2 aromatic carbocycles. The molecule has 5 heteroatoms. The molecule has 0 aliphatic carbocycles. The van der Waals surface area contributed by atoms with Crippen molar-refractivity contribution in [1.82, 2.24) is 0 Å². The summed E-state index contributed by atoms with van der Waals surface area (Å²) in [6.07, 6.45) is 0. The smallest absolute Gasteiger partial charge is 0.255 e. The monoisotopic (exact) mass is 300 g/mol. The first kappa shape index (κ1) is 15.0. The van der Waals surface area contributed by atoms with Crippen molar-refractivity contribution >= 4 is 28.8 Å². The number of nitrogens with one attached hydrogen (secondary N) is 1. The minimum absolute atomic E-state index is 0.162. The van der Waals surface area contributed by atoms with E-state index in [1.165, 1.54) is 0 Å². The number of nitrogens with two attached hydrogens (primary N) is 1. The van der Waals surface area contributed by atoms with Crippen LogP contribution in [-0.2, 0) is 0 Å². The molecular formula is C16H16N2O2S. The van der Waals surface area contributed by atoms with E-state index in [4.69, 9.17) is 22.7 Å². The van der Waals surface area contributed by atoms with Gasteiger partial charge in [-0.25, -0.2) is 0 Å². The van der Waals surface area contributed by atoms with Crippen LogP contribution in [0.5, 0.6) is 5.75 Å². The van der Waals surface area contributed by atoms with Crippen LogP contribution in [0.3, 0.4) is 0 Å². The Morgan fingerprint density at radius 1 is 1.24 bits per heavy atom. The first-order valence-electron chi connectivity index (χ1n) is 6.44. The van der Waals surface area contributed by atoms with Crippen LogP contribution in [0.1, 0.15) is 15.9 Å². The summed E-state index contributed by atoms with van der Waals surface area (Å²) in [6.45, 7) is 2.12. The molecular weight excluding hydrogens is 284 g/mol. The van der Waals surface area contributed by atoms with Gasteiger partial charge in [0.15, 0.2) is 0 Å². The van der Waals surface area contributed by atoms with Crippen LogP contribution >= 0.6 is 12.2 Å². The van der Waals surface area contributed by atoms with Crippen LogP contribution in [0.15, 0.2) is 48.5 Å². The molecule has 108 valence electrons. The standard InChI is InChI=1S/C16H16N2O2S/c1-11-4-2-5-12(8-11)16(19)18-13-6-3-7-14(9-13)20-10-15(17)21/h2-9H,10H2,1H3,(H2,17,21)(H,18,19). The third-order valence-electron chi connectivity index (χ3n) is 2.75. The number of carbonyl (C=O) groups is 1. The third kappa shape index (κ3) is 4.57. The second-order valence-corrected chi connectivity index (χ2v) is 5.13. The lowest BCUT2D eigenvalue weighted by atomic mass is 10.1. The molecule has 2 aromatic rings. The second-order valence-electron chi connectivity index (χ2n) is 4.61. The maximum Gasteiger partial charge on any atom is 0.255 e. The van der Waals surface area contributed by atoms with E-state index in [9.17, 15) is 4.79 Å². The van der Waals surface area contributed by atoms with Gasteiger partial charge in [-0.3, -0.25) is 4.79 Å². The van der Waals surface area contributed by atoms with Gasteiger partial charge in [0, 0.05) is 17.3 Å². The third-order valence-corrected chi connectivity index (χ3v) is 2.87. The van der Waals surface area contributed by atoms with E-state index < -0.39 is 0 Å². The first-order chi connectivity index (χ1) is 10.0. The van der Waals surface area contributed by atoms with Gasteiger partial charge in [0.1, 0.15) is 17.3 Å². The fourth-order valence-corrected chi connectivity index (χ4v) is 1.87. The van der Waals surface area contributed by atoms with Crippen LogP contribution in [0.4, 0.5) is 5.69 Å². The second kappa shape index (κ2) is 6.85. The molecule has 0 aromatic heterocycles. The maximum atomic E-state index is 12.2. The summed E-state index contributed by atoms with van der Waals surface area (Å²) in [7, 11) is 0. The Morgan fingerprint density at radius 2 is 2.00 bits per heavy atom. The zero-order valence-electron chi connectivity index (χ0n) is 11.6. The van der Waals surface area contributed by atoms with Crippen molar-refractivity contribution in [3.8, 4) is 5.75 Å². The molecule has 21 heavy (non-hydrogen) atoms. The summed E-state index contributed by atoms with van der Waals surface area (Å²) in [5.74, 6) is 0.440. The van der Waals surface area contributed by atoms with Gasteiger partial charge >= 0.3 is 0 Å². The summed E-state index contributed by atoms with van der Waals surface area (Å²) in [5, 5.41) is 2.83. The maximum absolute atomic E-state index is 12.2. The number of hydrogen-bond donors (Lipinski definition) is 2. The summed E-state index contributed by atoms with van der Waals surface area (Å²) < 4.78 is 5.40. The molecule has 0 heterocycles. The van der Waals surface area contributed by atoms with E-state index in [-0.39, 0.29) is 17.5 Å². The van der Waals surface area contributed by atoms with Gasteiger partial charge in [-0.1, -0.05) is 36.0 Å². The molecule has 0 aliphatic rings. The van der Waals surface area contributed by atoms with Gasteiger partial charge in [-0.05, 0) is 31.2 Å². The Hall–Kier alpha value is -2.40. The van der Waals surface area contributed by atoms with Crippen LogP contribution in [-0.4, -0.2) is 17.5 Å². The lowest BCUT2D eigenvalue weighted by molar-refractivity contribution is 0.102.